The number of rotatable bonds is 8. The van der Waals surface area contributed by atoms with Crippen molar-refractivity contribution in [2.45, 2.75) is 19.8 Å². The monoisotopic (exact) mass is 473 g/mol. The second kappa shape index (κ2) is 11.6. The zero-order valence-electron chi connectivity index (χ0n) is 20.0. The molecule has 0 aromatic heterocycles. The van der Waals surface area contributed by atoms with Crippen molar-refractivity contribution >= 4 is 28.5 Å². The SMILES string of the molecule is CCCNC(=O)NCCc1cc(C(=O)c2ccccc2)cc2ccc(C(=O)N3CCOCC3)cc12. The van der Waals surface area contributed by atoms with Gasteiger partial charge in [0.15, 0.2) is 5.78 Å². The van der Waals surface area contributed by atoms with Crippen molar-refractivity contribution in [1.82, 2.24) is 15.5 Å². The smallest absolute Gasteiger partial charge is 0.314 e. The number of nitrogens with zero attached hydrogens (tertiary/aromatic N) is 1. The Balaban J connectivity index is 1.65. The summed E-state index contributed by atoms with van der Waals surface area (Å²) in [7, 11) is 0. The van der Waals surface area contributed by atoms with E-state index in [2.05, 4.69) is 10.6 Å². The van der Waals surface area contributed by atoms with Crippen LogP contribution in [0.4, 0.5) is 4.79 Å². The van der Waals surface area contributed by atoms with E-state index in [-0.39, 0.29) is 17.7 Å². The molecule has 0 bridgehead atoms. The molecule has 3 aromatic rings. The van der Waals surface area contributed by atoms with E-state index < -0.39 is 0 Å². The van der Waals surface area contributed by atoms with Gasteiger partial charge in [-0.15, -0.1) is 0 Å². The van der Waals surface area contributed by atoms with Gasteiger partial charge in [-0.05, 0) is 53.4 Å². The maximum atomic E-state index is 13.2. The fourth-order valence-corrected chi connectivity index (χ4v) is 4.22. The quantitative estimate of drug-likeness (QED) is 0.487. The number of carbonyl (C=O) groups excluding carboxylic acids is 3. The minimum absolute atomic E-state index is 0.0253. The van der Waals surface area contributed by atoms with Gasteiger partial charge >= 0.3 is 6.03 Å². The van der Waals surface area contributed by atoms with Crippen molar-refractivity contribution in [3.05, 3.63) is 82.9 Å². The van der Waals surface area contributed by atoms with Gasteiger partial charge in [0.1, 0.15) is 0 Å². The van der Waals surface area contributed by atoms with Gasteiger partial charge in [0.25, 0.3) is 5.91 Å². The highest BCUT2D eigenvalue weighted by Crippen LogP contribution is 2.26. The second-order valence-electron chi connectivity index (χ2n) is 8.60. The van der Waals surface area contributed by atoms with Gasteiger partial charge in [0, 0.05) is 42.9 Å². The first kappa shape index (κ1) is 24.4. The molecule has 35 heavy (non-hydrogen) atoms. The zero-order valence-corrected chi connectivity index (χ0v) is 20.0. The molecule has 3 amide bonds. The summed E-state index contributed by atoms with van der Waals surface area (Å²) in [5.74, 6) is -0.0847. The van der Waals surface area contributed by atoms with Crippen LogP contribution in [0.3, 0.4) is 0 Å². The van der Waals surface area contributed by atoms with Crippen LogP contribution < -0.4 is 10.6 Å². The number of urea groups is 1. The van der Waals surface area contributed by atoms with E-state index in [1.54, 1.807) is 17.0 Å². The summed E-state index contributed by atoms with van der Waals surface area (Å²) in [6.45, 7) is 5.26. The Morgan fingerprint density at radius 3 is 2.34 bits per heavy atom. The molecule has 0 spiro atoms. The van der Waals surface area contributed by atoms with Gasteiger partial charge in [-0.3, -0.25) is 9.59 Å². The molecule has 3 aromatic carbocycles. The fourth-order valence-electron chi connectivity index (χ4n) is 4.22. The van der Waals surface area contributed by atoms with Gasteiger partial charge in [-0.25, -0.2) is 4.79 Å². The van der Waals surface area contributed by atoms with E-state index in [9.17, 15) is 14.4 Å². The lowest BCUT2D eigenvalue weighted by Gasteiger charge is -2.27. The van der Waals surface area contributed by atoms with Crippen molar-refractivity contribution < 1.29 is 19.1 Å². The van der Waals surface area contributed by atoms with Crippen molar-refractivity contribution in [3.8, 4) is 0 Å². The average molecular weight is 474 g/mol. The lowest BCUT2D eigenvalue weighted by molar-refractivity contribution is 0.0303. The predicted molar refractivity (Wildman–Crippen MR) is 136 cm³/mol. The molecule has 1 heterocycles. The molecular weight excluding hydrogens is 442 g/mol. The van der Waals surface area contributed by atoms with Gasteiger partial charge in [0.2, 0.25) is 0 Å². The van der Waals surface area contributed by atoms with E-state index in [0.717, 1.165) is 22.8 Å². The molecule has 0 aliphatic carbocycles. The molecule has 2 N–H and O–H groups in total. The minimum atomic E-state index is -0.212. The lowest BCUT2D eigenvalue weighted by atomic mass is 9.93. The molecule has 7 heteroatoms. The maximum absolute atomic E-state index is 13.2. The topological polar surface area (TPSA) is 87.7 Å². The van der Waals surface area contributed by atoms with E-state index in [0.29, 0.717) is 62.5 Å². The van der Waals surface area contributed by atoms with Crippen LogP contribution in [0.2, 0.25) is 0 Å². The predicted octanol–water partition coefficient (Wildman–Crippen LogP) is 3.79. The normalized spacial score (nSPS) is 13.5. The summed E-state index contributed by atoms with van der Waals surface area (Å²) >= 11 is 0. The van der Waals surface area contributed by atoms with Crippen LogP contribution in [-0.2, 0) is 11.2 Å². The molecule has 0 radical (unpaired) electrons. The van der Waals surface area contributed by atoms with Crippen LogP contribution >= 0.6 is 0 Å². The summed E-state index contributed by atoms with van der Waals surface area (Å²) in [5.41, 5.74) is 2.72. The molecule has 1 aliphatic heterocycles. The summed E-state index contributed by atoms with van der Waals surface area (Å²) in [6, 6.07) is 18.3. The summed E-state index contributed by atoms with van der Waals surface area (Å²) in [4.78, 5) is 40.0. The van der Waals surface area contributed by atoms with Crippen molar-refractivity contribution in [2.75, 3.05) is 39.4 Å². The van der Waals surface area contributed by atoms with Crippen LogP contribution in [0.1, 0.15) is 45.2 Å². The van der Waals surface area contributed by atoms with Crippen molar-refractivity contribution in [1.29, 1.82) is 0 Å². The highest BCUT2D eigenvalue weighted by atomic mass is 16.5. The van der Waals surface area contributed by atoms with Gasteiger partial charge in [-0.2, -0.15) is 0 Å². The maximum Gasteiger partial charge on any atom is 0.314 e. The number of fused-ring (bicyclic) bond motifs is 1. The zero-order chi connectivity index (χ0) is 24.6. The number of benzene rings is 3. The number of nitrogens with one attached hydrogen (secondary N) is 2. The molecule has 0 atom stereocenters. The summed E-state index contributed by atoms with van der Waals surface area (Å²) in [5, 5.41) is 7.47. The Morgan fingerprint density at radius 2 is 1.60 bits per heavy atom. The number of hydrogen-bond donors (Lipinski definition) is 2. The first-order valence-electron chi connectivity index (χ1n) is 12.1. The van der Waals surface area contributed by atoms with Gasteiger partial charge < -0.3 is 20.3 Å². The summed E-state index contributed by atoms with van der Waals surface area (Å²) < 4.78 is 5.37. The third-order valence-electron chi connectivity index (χ3n) is 6.10. The Kier molecular flexibility index (Phi) is 8.11. The molecule has 1 saturated heterocycles. The number of carbonyl (C=O) groups is 3. The van der Waals surface area contributed by atoms with Crippen molar-refractivity contribution in [3.63, 3.8) is 0 Å². The first-order chi connectivity index (χ1) is 17.1. The van der Waals surface area contributed by atoms with E-state index >= 15 is 0 Å². The largest absolute Gasteiger partial charge is 0.378 e. The van der Waals surface area contributed by atoms with Crippen LogP contribution in [0.25, 0.3) is 10.8 Å². The third-order valence-corrected chi connectivity index (χ3v) is 6.10. The van der Waals surface area contributed by atoms with Gasteiger partial charge in [-0.1, -0.05) is 43.3 Å². The third kappa shape index (κ3) is 6.05. The van der Waals surface area contributed by atoms with Crippen LogP contribution in [0.5, 0.6) is 0 Å². The highest BCUT2D eigenvalue weighted by Gasteiger charge is 2.20. The standard InChI is InChI=1S/C28H31N3O4/c1-2-11-29-28(34)30-12-10-22-18-24(26(32)20-6-4-3-5-7-20)17-21-8-9-23(19-25(21)22)27(33)31-13-15-35-16-14-31/h3-9,17-19H,2,10-16H2,1H3,(H2,29,30,34). The number of morpholine rings is 1. The minimum Gasteiger partial charge on any atom is -0.378 e. The molecular formula is C28H31N3O4. The Labute approximate surface area is 205 Å². The fraction of sp³-hybridized carbons (Fsp3) is 0.321. The number of hydrogen-bond acceptors (Lipinski definition) is 4. The van der Waals surface area contributed by atoms with E-state index in [1.807, 2.05) is 55.5 Å². The van der Waals surface area contributed by atoms with Crippen LogP contribution in [0.15, 0.2) is 60.7 Å². The molecule has 4 rings (SSSR count). The Bertz CT molecular complexity index is 1200. The van der Waals surface area contributed by atoms with Crippen LogP contribution in [0, 0.1) is 0 Å². The first-order valence-corrected chi connectivity index (χ1v) is 12.1. The molecule has 182 valence electrons. The second-order valence-corrected chi connectivity index (χ2v) is 8.60. The molecule has 0 saturated carbocycles. The van der Waals surface area contributed by atoms with E-state index in [4.69, 9.17) is 4.74 Å². The van der Waals surface area contributed by atoms with Crippen LogP contribution in [-0.4, -0.2) is 62.0 Å². The Morgan fingerprint density at radius 1 is 0.857 bits per heavy atom. The summed E-state index contributed by atoms with van der Waals surface area (Å²) in [6.07, 6.45) is 1.39. The molecule has 1 fully saturated rings. The number of ketones is 1. The number of amides is 3. The number of ether oxygens (including phenoxy) is 1. The lowest BCUT2D eigenvalue weighted by Crippen LogP contribution is -2.40. The Hall–Kier alpha value is -3.71. The molecule has 7 nitrogen and oxygen atoms in total. The average Bonchev–Trinajstić information content (AvgIpc) is 2.91. The van der Waals surface area contributed by atoms with Crippen molar-refractivity contribution in [2.24, 2.45) is 0 Å². The highest BCUT2D eigenvalue weighted by molar-refractivity contribution is 6.11. The van der Waals surface area contributed by atoms with E-state index in [1.165, 1.54) is 0 Å². The van der Waals surface area contributed by atoms with Gasteiger partial charge in [0.05, 0.1) is 13.2 Å². The molecule has 1 aliphatic rings. The molecule has 0 unspecified atom stereocenters.